The maximum Gasteiger partial charge on any atom is 0.317 e. The predicted molar refractivity (Wildman–Crippen MR) is 98.7 cm³/mol. The van der Waals surface area contributed by atoms with Crippen LogP contribution < -0.4 is 5.32 Å². The van der Waals surface area contributed by atoms with Crippen molar-refractivity contribution in [3.8, 4) is 5.69 Å². The lowest BCUT2D eigenvalue weighted by Gasteiger charge is -2.26. The van der Waals surface area contributed by atoms with Crippen molar-refractivity contribution in [2.24, 2.45) is 0 Å². The Bertz CT molecular complexity index is 681. The normalized spacial score (nSPS) is 17.2. The number of benzene rings is 1. The van der Waals surface area contributed by atoms with E-state index in [1.165, 1.54) is 0 Å². The molecule has 2 aromatic rings. The molecule has 1 atom stereocenters. The van der Waals surface area contributed by atoms with Gasteiger partial charge in [0.05, 0.1) is 6.33 Å². The van der Waals surface area contributed by atoms with Crippen LogP contribution in [0.25, 0.3) is 5.69 Å². The molecule has 6 nitrogen and oxygen atoms in total. The molecule has 0 unspecified atom stereocenters. The average molecular weight is 341 g/mol. The summed E-state index contributed by atoms with van der Waals surface area (Å²) in [6.07, 6.45) is 6.50. The predicted octanol–water partition coefficient (Wildman–Crippen LogP) is 2.50. The molecule has 1 fully saturated rings. The Kier molecular flexibility index (Phi) is 5.71. The van der Waals surface area contributed by atoms with Crippen LogP contribution in [0.4, 0.5) is 4.79 Å². The Morgan fingerprint density at radius 2 is 2.20 bits per heavy atom. The van der Waals surface area contributed by atoms with Gasteiger partial charge in [-0.1, -0.05) is 26.0 Å². The van der Waals surface area contributed by atoms with E-state index in [9.17, 15) is 4.79 Å². The Labute approximate surface area is 149 Å². The maximum absolute atomic E-state index is 12.5. The summed E-state index contributed by atoms with van der Waals surface area (Å²) in [7, 11) is 0. The molecule has 1 aliphatic rings. The van der Waals surface area contributed by atoms with Gasteiger partial charge in [-0.3, -0.25) is 4.90 Å². The number of imidazole rings is 1. The second-order valence-electron chi connectivity index (χ2n) is 6.41. The van der Waals surface area contributed by atoms with E-state index in [0.29, 0.717) is 12.6 Å². The molecule has 6 heteroatoms. The van der Waals surface area contributed by atoms with Gasteiger partial charge in [-0.25, -0.2) is 9.78 Å². The highest BCUT2D eigenvalue weighted by molar-refractivity contribution is 5.74. The van der Waals surface area contributed by atoms with E-state index in [0.717, 1.165) is 43.9 Å². The summed E-state index contributed by atoms with van der Waals surface area (Å²) in [5.41, 5.74) is 2.13. The van der Waals surface area contributed by atoms with E-state index < -0.39 is 0 Å². The third-order valence-corrected chi connectivity index (χ3v) is 4.94. The molecule has 2 amide bonds. The van der Waals surface area contributed by atoms with Crippen LogP contribution in [0.15, 0.2) is 43.0 Å². The molecular formula is C19H27N5O. The molecule has 0 aliphatic carbocycles. The number of aromatic nitrogens is 2. The highest BCUT2D eigenvalue weighted by Crippen LogP contribution is 2.16. The van der Waals surface area contributed by atoms with Crippen LogP contribution in [-0.2, 0) is 6.54 Å². The van der Waals surface area contributed by atoms with Crippen LogP contribution in [0.2, 0.25) is 0 Å². The van der Waals surface area contributed by atoms with Crippen LogP contribution in [-0.4, -0.2) is 57.6 Å². The number of amides is 2. The number of urea groups is 1. The van der Waals surface area contributed by atoms with Gasteiger partial charge in [-0.15, -0.1) is 0 Å². The SMILES string of the molecule is CCN(CC)[C@H]1CCN(C(=O)NCc2cccc(-n3ccnc3)c2)C1. The van der Waals surface area contributed by atoms with Crippen LogP contribution in [0.5, 0.6) is 0 Å². The van der Waals surface area contributed by atoms with Crippen molar-refractivity contribution < 1.29 is 4.79 Å². The number of nitrogens with zero attached hydrogens (tertiary/aromatic N) is 4. The number of nitrogens with one attached hydrogen (secondary N) is 1. The monoisotopic (exact) mass is 341 g/mol. The molecule has 1 aromatic heterocycles. The van der Waals surface area contributed by atoms with Crippen molar-refractivity contribution in [3.05, 3.63) is 48.5 Å². The van der Waals surface area contributed by atoms with Gasteiger partial charge in [0.2, 0.25) is 0 Å². The molecule has 1 saturated heterocycles. The minimum absolute atomic E-state index is 0.0303. The summed E-state index contributed by atoms with van der Waals surface area (Å²) in [5, 5.41) is 3.05. The first kappa shape index (κ1) is 17.5. The Balaban J connectivity index is 1.54. The first-order chi connectivity index (χ1) is 12.2. The van der Waals surface area contributed by atoms with E-state index in [2.05, 4.69) is 35.1 Å². The molecule has 0 bridgehead atoms. The lowest BCUT2D eigenvalue weighted by Crippen LogP contribution is -2.42. The van der Waals surface area contributed by atoms with Crippen molar-refractivity contribution >= 4 is 6.03 Å². The molecule has 0 spiro atoms. The molecule has 25 heavy (non-hydrogen) atoms. The fraction of sp³-hybridized carbons (Fsp3) is 0.474. The van der Waals surface area contributed by atoms with Gasteiger partial charge < -0.3 is 14.8 Å². The number of likely N-dealkylation sites (N-methyl/N-ethyl adjacent to an activating group) is 1. The van der Waals surface area contributed by atoms with Crippen LogP contribution in [0, 0.1) is 0 Å². The number of hydrogen-bond acceptors (Lipinski definition) is 3. The second-order valence-corrected chi connectivity index (χ2v) is 6.41. The Morgan fingerprint density at radius 1 is 1.36 bits per heavy atom. The standard InChI is InChI=1S/C19H27N5O/c1-3-22(4-2)18-8-10-23(14-18)19(25)21-13-16-6-5-7-17(12-16)24-11-9-20-15-24/h5-7,9,11-12,15,18H,3-4,8,10,13-14H2,1-2H3,(H,21,25)/t18-/m0/s1. The van der Waals surface area contributed by atoms with E-state index in [1.807, 2.05) is 33.9 Å². The summed E-state index contributed by atoms with van der Waals surface area (Å²) in [6, 6.07) is 8.66. The number of likely N-dealkylation sites (tertiary alicyclic amines) is 1. The van der Waals surface area contributed by atoms with Crippen molar-refractivity contribution in [2.45, 2.75) is 32.9 Å². The van der Waals surface area contributed by atoms with Crippen molar-refractivity contribution in [1.82, 2.24) is 24.7 Å². The third kappa shape index (κ3) is 4.20. The van der Waals surface area contributed by atoms with Gasteiger partial charge in [0, 0.05) is 43.8 Å². The fourth-order valence-corrected chi connectivity index (χ4v) is 3.49. The van der Waals surface area contributed by atoms with Gasteiger partial charge in [0.1, 0.15) is 0 Å². The highest BCUT2D eigenvalue weighted by atomic mass is 16.2. The summed E-state index contributed by atoms with van der Waals surface area (Å²) in [6.45, 7) is 8.63. The van der Waals surface area contributed by atoms with E-state index in [1.54, 1.807) is 12.5 Å². The minimum atomic E-state index is 0.0303. The summed E-state index contributed by atoms with van der Waals surface area (Å²) >= 11 is 0. The fourth-order valence-electron chi connectivity index (χ4n) is 3.49. The summed E-state index contributed by atoms with van der Waals surface area (Å²) < 4.78 is 1.96. The van der Waals surface area contributed by atoms with Gasteiger partial charge in [-0.05, 0) is 37.2 Å². The third-order valence-electron chi connectivity index (χ3n) is 4.94. The van der Waals surface area contributed by atoms with Gasteiger partial charge in [0.25, 0.3) is 0 Å². The molecule has 1 aliphatic heterocycles. The number of carbonyl (C=O) groups is 1. The van der Waals surface area contributed by atoms with E-state index >= 15 is 0 Å². The zero-order valence-electron chi connectivity index (χ0n) is 15.1. The molecule has 2 heterocycles. The topological polar surface area (TPSA) is 53.4 Å². The van der Waals surface area contributed by atoms with Crippen LogP contribution in [0.3, 0.4) is 0 Å². The summed E-state index contributed by atoms with van der Waals surface area (Å²) in [4.78, 5) is 20.9. The average Bonchev–Trinajstić information content (AvgIpc) is 3.33. The second kappa shape index (κ2) is 8.16. The van der Waals surface area contributed by atoms with Crippen molar-refractivity contribution in [2.75, 3.05) is 26.2 Å². The zero-order valence-corrected chi connectivity index (χ0v) is 15.1. The molecular weight excluding hydrogens is 314 g/mol. The minimum Gasteiger partial charge on any atom is -0.334 e. The smallest absolute Gasteiger partial charge is 0.317 e. The van der Waals surface area contributed by atoms with Gasteiger partial charge in [-0.2, -0.15) is 0 Å². The van der Waals surface area contributed by atoms with Crippen LogP contribution >= 0.6 is 0 Å². The number of rotatable bonds is 6. The first-order valence-corrected chi connectivity index (χ1v) is 9.05. The van der Waals surface area contributed by atoms with Gasteiger partial charge >= 0.3 is 6.03 Å². The van der Waals surface area contributed by atoms with E-state index in [4.69, 9.17) is 0 Å². The van der Waals surface area contributed by atoms with E-state index in [-0.39, 0.29) is 6.03 Å². The zero-order chi connectivity index (χ0) is 17.6. The number of hydrogen-bond donors (Lipinski definition) is 1. The Hall–Kier alpha value is -2.34. The Morgan fingerprint density at radius 3 is 2.92 bits per heavy atom. The number of carbonyl (C=O) groups excluding carboxylic acids is 1. The molecule has 0 saturated carbocycles. The largest absolute Gasteiger partial charge is 0.334 e. The van der Waals surface area contributed by atoms with Crippen molar-refractivity contribution in [1.29, 1.82) is 0 Å². The van der Waals surface area contributed by atoms with Gasteiger partial charge in [0.15, 0.2) is 0 Å². The summed E-state index contributed by atoms with van der Waals surface area (Å²) in [5.74, 6) is 0. The van der Waals surface area contributed by atoms with Crippen LogP contribution in [0.1, 0.15) is 25.8 Å². The molecule has 1 N–H and O–H groups in total. The lowest BCUT2D eigenvalue weighted by molar-refractivity contribution is 0.192. The molecule has 3 rings (SSSR count). The molecule has 134 valence electrons. The quantitative estimate of drug-likeness (QED) is 0.878. The lowest BCUT2D eigenvalue weighted by atomic mass is 10.2. The maximum atomic E-state index is 12.5. The first-order valence-electron chi connectivity index (χ1n) is 9.05. The highest BCUT2D eigenvalue weighted by Gasteiger charge is 2.28. The molecule has 1 aromatic carbocycles. The molecule has 0 radical (unpaired) electrons. The van der Waals surface area contributed by atoms with Crippen molar-refractivity contribution in [3.63, 3.8) is 0 Å².